The lowest BCUT2D eigenvalue weighted by atomic mass is 9.59. The summed E-state index contributed by atoms with van der Waals surface area (Å²) in [6, 6.07) is 4.87. The minimum atomic E-state index is -2.94. The second kappa shape index (κ2) is 8.35. The van der Waals surface area contributed by atoms with Gasteiger partial charge in [-0.2, -0.15) is 8.78 Å². The number of ketones is 1. The van der Waals surface area contributed by atoms with E-state index in [1.165, 1.54) is 6.07 Å². The summed E-state index contributed by atoms with van der Waals surface area (Å²) in [5.74, 6) is 0.235. The number of halogens is 2. The molecule has 0 amide bonds. The number of hydrogen-bond acceptors (Lipinski definition) is 7. The monoisotopic (exact) mass is 437 g/mol. The van der Waals surface area contributed by atoms with Gasteiger partial charge >= 0.3 is 6.61 Å². The molecule has 4 rings (SSSR count). The zero-order valence-corrected chi connectivity index (χ0v) is 17.9. The van der Waals surface area contributed by atoms with Gasteiger partial charge < -0.3 is 24.8 Å². The van der Waals surface area contributed by atoms with Crippen molar-refractivity contribution < 1.29 is 27.8 Å². The van der Waals surface area contributed by atoms with Gasteiger partial charge in [-0.15, -0.1) is 0 Å². The molecule has 9 heteroatoms. The van der Waals surface area contributed by atoms with Gasteiger partial charge in [0.1, 0.15) is 5.75 Å². The molecule has 7 nitrogen and oxygen atoms in total. The van der Waals surface area contributed by atoms with Crippen LogP contribution in [-0.4, -0.2) is 63.3 Å². The van der Waals surface area contributed by atoms with Gasteiger partial charge in [0.2, 0.25) is 0 Å². The van der Waals surface area contributed by atoms with Gasteiger partial charge in [-0.25, -0.2) is 4.99 Å². The van der Waals surface area contributed by atoms with Gasteiger partial charge in [0.05, 0.1) is 19.3 Å². The van der Waals surface area contributed by atoms with Crippen LogP contribution in [0.5, 0.6) is 5.75 Å². The lowest BCUT2D eigenvalue weighted by molar-refractivity contribution is -0.133. The summed E-state index contributed by atoms with van der Waals surface area (Å²) in [6.45, 7) is -1.97. The molecule has 1 heterocycles. The highest BCUT2D eigenvalue weighted by atomic mass is 19.3. The fourth-order valence-corrected chi connectivity index (χ4v) is 5.61. The van der Waals surface area contributed by atoms with Gasteiger partial charge in [0.25, 0.3) is 0 Å². The predicted molar refractivity (Wildman–Crippen MR) is 110 cm³/mol. The number of nitrogens with two attached hydrogens (primary N) is 1. The highest BCUT2D eigenvalue weighted by molar-refractivity contribution is 6.01. The van der Waals surface area contributed by atoms with Gasteiger partial charge in [-0.3, -0.25) is 4.79 Å². The minimum absolute atomic E-state index is 0.0270. The summed E-state index contributed by atoms with van der Waals surface area (Å²) in [4.78, 5) is 20.4. The van der Waals surface area contributed by atoms with E-state index in [1.807, 2.05) is 0 Å². The van der Waals surface area contributed by atoms with Crippen molar-refractivity contribution in [3.8, 4) is 5.75 Å². The van der Waals surface area contributed by atoms with Crippen LogP contribution in [0.15, 0.2) is 23.2 Å². The Hall–Kier alpha value is -2.26. The van der Waals surface area contributed by atoms with Crippen LogP contribution < -0.4 is 10.5 Å². The second-order valence-electron chi connectivity index (χ2n) is 8.61. The first-order valence-corrected chi connectivity index (χ1v) is 10.6. The molecule has 1 atom stereocenters. The van der Waals surface area contributed by atoms with Crippen LogP contribution in [-0.2, 0) is 26.2 Å². The molecular formula is C22H29F2N3O4. The van der Waals surface area contributed by atoms with Crippen LogP contribution in [0.3, 0.4) is 0 Å². The molecule has 0 saturated heterocycles. The Bertz CT molecular complexity index is 870. The molecule has 0 radical (unpaired) electrons. The topological polar surface area (TPSA) is 86.4 Å². The maximum absolute atomic E-state index is 13.8. The van der Waals surface area contributed by atoms with Crippen molar-refractivity contribution in [2.24, 2.45) is 16.1 Å². The third-order valence-corrected chi connectivity index (χ3v) is 7.13. The maximum atomic E-state index is 13.8. The lowest BCUT2D eigenvalue weighted by Gasteiger charge is -2.49. The summed E-state index contributed by atoms with van der Waals surface area (Å²) in [7, 11) is 3.28. The van der Waals surface area contributed by atoms with E-state index in [0.29, 0.717) is 25.1 Å². The van der Waals surface area contributed by atoms with Gasteiger partial charge in [0.15, 0.2) is 17.3 Å². The zero-order valence-electron chi connectivity index (χ0n) is 17.9. The third-order valence-electron chi connectivity index (χ3n) is 7.13. The molecule has 1 fully saturated rings. The van der Waals surface area contributed by atoms with E-state index in [-0.39, 0.29) is 30.1 Å². The molecule has 3 aliphatic rings. The molecule has 1 aromatic rings. The number of ether oxygens (including phenoxy) is 3. The zero-order chi connectivity index (χ0) is 22.2. The summed E-state index contributed by atoms with van der Waals surface area (Å²) in [6.07, 6.45) is 3.89. The average Bonchev–Trinajstić information content (AvgIpc) is 2.99. The molecular weight excluding hydrogens is 408 g/mol. The van der Waals surface area contributed by atoms with Gasteiger partial charge in [-0.1, -0.05) is 6.07 Å². The van der Waals surface area contributed by atoms with Gasteiger partial charge in [0, 0.05) is 26.2 Å². The van der Waals surface area contributed by atoms with Crippen LogP contribution in [0.4, 0.5) is 8.78 Å². The first-order valence-electron chi connectivity index (χ1n) is 10.6. The molecule has 1 aliphatic heterocycles. The molecule has 31 heavy (non-hydrogen) atoms. The number of Topliss-reactive ketones (excluding diaryl/α,β-unsaturated/α-hetero) is 1. The van der Waals surface area contributed by atoms with E-state index in [2.05, 4.69) is 4.74 Å². The van der Waals surface area contributed by atoms with E-state index >= 15 is 0 Å². The standard InChI is InChI=1S/C22H29F2N3O4/c1-29-10-9-27-13-18(28)22(26-20(27)25)17-11-16(31-19(23)24)4-3-14(17)12-21(22)7-5-15(30-2)6-8-21/h3-4,11,15,19H,5-10,12-13H2,1-2H3,(H2,25,26). The summed E-state index contributed by atoms with van der Waals surface area (Å²) < 4.78 is 41.1. The highest BCUT2D eigenvalue weighted by Gasteiger charge is 2.64. The van der Waals surface area contributed by atoms with Crippen LogP contribution in [0, 0.1) is 5.41 Å². The smallest absolute Gasteiger partial charge is 0.387 e. The molecule has 0 aromatic heterocycles. The summed E-state index contributed by atoms with van der Waals surface area (Å²) in [5, 5.41) is 0. The maximum Gasteiger partial charge on any atom is 0.387 e. The van der Waals surface area contributed by atoms with Crippen molar-refractivity contribution in [3.05, 3.63) is 29.3 Å². The van der Waals surface area contributed by atoms with E-state index in [0.717, 1.165) is 31.2 Å². The summed E-state index contributed by atoms with van der Waals surface area (Å²) in [5.41, 5.74) is 6.27. The largest absolute Gasteiger partial charge is 0.435 e. The molecule has 0 bridgehead atoms. The third kappa shape index (κ3) is 3.57. The van der Waals surface area contributed by atoms with E-state index in [4.69, 9.17) is 20.2 Å². The minimum Gasteiger partial charge on any atom is -0.435 e. The van der Waals surface area contributed by atoms with Crippen LogP contribution in [0.2, 0.25) is 0 Å². The molecule has 2 spiro atoms. The highest BCUT2D eigenvalue weighted by Crippen LogP contribution is 2.61. The van der Waals surface area contributed by atoms with E-state index < -0.39 is 17.6 Å². The quantitative estimate of drug-likeness (QED) is 0.736. The normalized spacial score (nSPS) is 30.2. The fourth-order valence-electron chi connectivity index (χ4n) is 5.61. The second-order valence-corrected chi connectivity index (χ2v) is 8.61. The van der Waals surface area contributed by atoms with E-state index in [1.54, 1.807) is 31.3 Å². The molecule has 1 saturated carbocycles. The average molecular weight is 437 g/mol. The first-order chi connectivity index (χ1) is 14.8. The Kier molecular flexibility index (Phi) is 5.91. The van der Waals surface area contributed by atoms with Crippen molar-refractivity contribution in [2.75, 3.05) is 33.9 Å². The Balaban J connectivity index is 1.81. The number of nitrogens with zero attached hydrogens (tertiary/aromatic N) is 2. The number of fused-ring (bicyclic) bond motifs is 3. The Labute approximate surface area is 180 Å². The molecule has 2 N–H and O–H groups in total. The number of benzene rings is 1. The number of hydrogen-bond donors (Lipinski definition) is 1. The Morgan fingerprint density at radius 1 is 1.29 bits per heavy atom. The number of alkyl halides is 2. The number of guanidine groups is 1. The number of methoxy groups -OCH3 is 2. The van der Waals surface area contributed by atoms with Crippen molar-refractivity contribution in [1.29, 1.82) is 0 Å². The SMILES string of the molecule is COCCN1CC(=O)C2(N=C1N)c1cc(OC(F)F)ccc1CC21CCC(OC)CC1. The molecule has 1 aromatic carbocycles. The van der Waals surface area contributed by atoms with Crippen LogP contribution in [0.25, 0.3) is 0 Å². The first kappa shape index (κ1) is 22.0. The molecule has 2 aliphatic carbocycles. The number of rotatable bonds is 6. The van der Waals surface area contributed by atoms with Crippen molar-refractivity contribution in [3.63, 3.8) is 0 Å². The van der Waals surface area contributed by atoms with Crippen LogP contribution in [0.1, 0.15) is 36.8 Å². The molecule has 1 unspecified atom stereocenters. The van der Waals surface area contributed by atoms with E-state index in [9.17, 15) is 13.6 Å². The Morgan fingerprint density at radius 2 is 2.03 bits per heavy atom. The van der Waals surface area contributed by atoms with Crippen LogP contribution >= 0.6 is 0 Å². The predicted octanol–water partition coefficient (Wildman–Crippen LogP) is 2.46. The van der Waals surface area contributed by atoms with Crippen molar-refractivity contribution in [1.82, 2.24) is 4.90 Å². The van der Waals surface area contributed by atoms with Crippen molar-refractivity contribution >= 4 is 11.7 Å². The van der Waals surface area contributed by atoms with Crippen molar-refractivity contribution in [2.45, 2.75) is 50.4 Å². The molecule has 170 valence electrons. The number of aliphatic imine (C=N–C) groups is 1. The Morgan fingerprint density at radius 3 is 2.68 bits per heavy atom. The lowest BCUT2D eigenvalue weighted by Crippen LogP contribution is -2.59. The van der Waals surface area contributed by atoms with Gasteiger partial charge in [-0.05, 0) is 55.4 Å². The number of carbonyl (C=O) groups excluding carboxylic acids is 1. The fraction of sp³-hybridized carbons (Fsp3) is 0.636. The number of carbonyl (C=O) groups is 1. The summed E-state index contributed by atoms with van der Waals surface area (Å²) >= 11 is 0.